The van der Waals surface area contributed by atoms with Crippen molar-refractivity contribution >= 4 is 16.2 Å². The van der Waals surface area contributed by atoms with Crippen LogP contribution in [-0.4, -0.2) is 55.1 Å². The quantitative estimate of drug-likeness (QED) is 0.517. The zero-order chi connectivity index (χ0) is 13.5. The summed E-state index contributed by atoms with van der Waals surface area (Å²) in [4.78, 5) is 10.7. The molecular formula is C9H20N2O5S. The van der Waals surface area contributed by atoms with Crippen LogP contribution in [0.1, 0.15) is 26.2 Å². The van der Waals surface area contributed by atoms with Crippen molar-refractivity contribution in [3.05, 3.63) is 0 Å². The number of rotatable bonds is 9. The molecule has 0 bridgehead atoms. The van der Waals surface area contributed by atoms with Gasteiger partial charge in [0.15, 0.2) is 0 Å². The second-order valence-corrected chi connectivity index (χ2v) is 5.51. The maximum Gasteiger partial charge on any atom is 0.321 e. The Kier molecular flexibility index (Phi) is 7.28. The highest BCUT2D eigenvalue weighted by molar-refractivity contribution is 7.87. The highest BCUT2D eigenvalue weighted by Gasteiger charge is 2.26. The molecule has 0 aromatic heterocycles. The van der Waals surface area contributed by atoms with Gasteiger partial charge < -0.3 is 10.2 Å². The Morgan fingerprint density at radius 3 is 2.47 bits per heavy atom. The van der Waals surface area contributed by atoms with Crippen molar-refractivity contribution in [3.8, 4) is 0 Å². The minimum absolute atomic E-state index is 0.157. The molecule has 0 rings (SSSR count). The number of aliphatic hydroxyl groups excluding tert-OH is 1. The van der Waals surface area contributed by atoms with E-state index in [-0.39, 0.29) is 6.42 Å². The Hall–Kier alpha value is -0.700. The van der Waals surface area contributed by atoms with Crippen molar-refractivity contribution in [2.24, 2.45) is 0 Å². The topological polar surface area (TPSA) is 107 Å². The minimum Gasteiger partial charge on any atom is -0.480 e. The predicted octanol–water partition coefficient (Wildman–Crippen LogP) is -0.612. The van der Waals surface area contributed by atoms with Crippen LogP contribution in [0.5, 0.6) is 0 Å². The van der Waals surface area contributed by atoms with Gasteiger partial charge in [0.1, 0.15) is 6.04 Å². The molecular weight excluding hydrogens is 248 g/mol. The molecule has 8 heteroatoms. The summed E-state index contributed by atoms with van der Waals surface area (Å²) in [6.07, 6.45) is 1.39. The van der Waals surface area contributed by atoms with Crippen LogP contribution in [0.3, 0.4) is 0 Å². The van der Waals surface area contributed by atoms with E-state index in [1.807, 2.05) is 11.6 Å². The SMILES string of the molecule is CCCCN(C)S(=O)(=O)N[C@@H](CCO)C(=O)O. The molecule has 3 N–H and O–H groups in total. The van der Waals surface area contributed by atoms with Gasteiger partial charge in [-0.15, -0.1) is 0 Å². The Morgan fingerprint density at radius 2 is 2.06 bits per heavy atom. The van der Waals surface area contributed by atoms with Gasteiger partial charge in [-0.3, -0.25) is 4.79 Å². The highest BCUT2D eigenvalue weighted by atomic mass is 32.2. The number of aliphatic hydroxyl groups is 1. The Morgan fingerprint density at radius 1 is 1.47 bits per heavy atom. The summed E-state index contributed by atoms with van der Waals surface area (Å²) in [5.41, 5.74) is 0. The fraction of sp³-hybridized carbons (Fsp3) is 0.889. The van der Waals surface area contributed by atoms with E-state index in [1.165, 1.54) is 7.05 Å². The van der Waals surface area contributed by atoms with Crippen molar-refractivity contribution in [3.63, 3.8) is 0 Å². The van der Waals surface area contributed by atoms with Gasteiger partial charge in [-0.25, -0.2) is 0 Å². The van der Waals surface area contributed by atoms with Crippen molar-refractivity contribution in [1.82, 2.24) is 9.03 Å². The second kappa shape index (κ2) is 7.59. The number of nitrogens with zero attached hydrogens (tertiary/aromatic N) is 1. The van der Waals surface area contributed by atoms with Gasteiger partial charge in [0.25, 0.3) is 10.2 Å². The molecule has 0 amide bonds. The fourth-order valence-electron chi connectivity index (χ4n) is 1.13. The average molecular weight is 268 g/mol. The molecule has 0 saturated carbocycles. The fourth-order valence-corrected chi connectivity index (χ4v) is 2.26. The smallest absolute Gasteiger partial charge is 0.321 e. The second-order valence-electron chi connectivity index (χ2n) is 3.70. The third-order valence-electron chi connectivity index (χ3n) is 2.24. The van der Waals surface area contributed by atoms with Gasteiger partial charge in [0, 0.05) is 20.2 Å². The maximum absolute atomic E-state index is 11.7. The van der Waals surface area contributed by atoms with Crippen LogP contribution in [0.2, 0.25) is 0 Å². The van der Waals surface area contributed by atoms with Crippen molar-refractivity contribution < 1.29 is 23.4 Å². The van der Waals surface area contributed by atoms with Crippen LogP contribution >= 0.6 is 0 Å². The van der Waals surface area contributed by atoms with Crippen molar-refractivity contribution in [1.29, 1.82) is 0 Å². The van der Waals surface area contributed by atoms with E-state index < -0.39 is 28.8 Å². The van der Waals surface area contributed by atoms with Crippen LogP contribution in [0.4, 0.5) is 0 Å². The van der Waals surface area contributed by atoms with Crippen LogP contribution in [0.15, 0.2) is 0 Å². The molecule has 0 aliphatic rings. The Labute approximate surface area is 102 Å². The van der Waals surface area contributed by atoms with Gasteiger partial charge in [0.2, 0.25) is 0 Å². The summed E-state index contributed by atoms with van der Waals surface area (Å²) in [6, 6.07) is -1.30. The Balaban J connectivity index is 4.54. The van der Waals surface area contributed by atoms with E-state index in [2.05, 4.69) is 0 Å². The third-order valence-corrected chi connectivity index (χ3v) is 3.83. The molecule has 0 heterocycles. The molecule has 0 radical (unpaired) electrons. The zero-order valence-electron chi connectivity index (χ0n) is 10.1. The molecule has 0 aliphatic heterocycles. The summed E-state index contributed by atoms with van der Waals surface area (Å²) in [5, 5.41) is 17.4. The van der Waals surface area contributed by atoms with Gasteiger partial charge in [-0.05, 0) is 12.8 Å². The van der Waals surface area contributed by atoms with Gasteiger partial charge in [-0.2, -0.15) is 17.4 Å². The number of carboxylic acid groups (broad SMARTS) is 1. The van der Waals surface area contributed by atoms with E-state index in [1.54, 1.807) is 0 Å². The monoisotopic (exact) mass is 268 g/mol. The molecule has 0 fully saturated rings. The first-order chi connectivity index (χ1) is 7.85. The van der Waals surface area contributed by atoms with Gasteiger partial charge >= 0.3 is 5.97 Å². The summed E-state index contributed by atoms with van der Waals surface area (Å²) < 4.78 is 26.5. The van der Waals surface area contributed by atoms with Crippen LogP contribution in [-0.2, 0) is 15.0 Å². The number of carboxylic acids is 1. The summed E-state index contributed by atoms with van der Waals surface area (Å²) in [6.45, 7) is 1.87. The normalized spacial score (nSPS) is 13.9. The molecule has 0 aliphatic carbocycles. The molecule has 0 unspecified atom stereocenters. The summed E-state index contributed by atoms with van der Waals surface area (Å²) in [5.74, 6) is -1.30. The van der Waals surface area contributed by atoms with Crippen molar-refractivity contribution in [2.45, 2.75) is 32.2 Å². The number of hydrogen-bond donors (Lipinski definition) is 3. The first-order valence-electron chi connectivity index (χ1n) is 5.42. The summed E-state index contributed by atoms with van der Waals surface area (Å²) >= 11 is 0. The molecule has 102 valence electrons. The first kappa shape index (κ1) is 16.3. The standard InChI is InChI=1S/C9H20N2O5S/c1-3-4-6-11(2)17(15,16)10-8(5-7-12)9(13)14/h8,10,12H,3-7H2,1-2H3,(H,13,14)/t8-/m0/s1. The molecule has 1 atom stereocenters. The van der Waals surface area contributed by atoms with E-state index in [0.29, 0.717) is 13.0 Å². The van der Waals surface area contributed by atoms with Gasteiger partial charge in [0.05, 0.1) is 0 Å². The number of hydrogen-bond acceptors (Lipinski definition) is 4. The predicted molar refractivity (Wildman–Crippen MR) is 62.7 cm³/mol. The Bertz CT molecular complexity index is 330. The number of nitrogens with one attached hydrogen (secondary N) is 1. The zero-order valence-corrected chi connectivity index (χ0v) is 10.9. The van der Waals surface area contributed by atoms with Gasteiger partial charge in [-0.1, -0.05) is 13.3 Å². The number of aliphatic carboxylic acids is 1. The largest absolute Gasteiger partial charge is 0.480 e. The summed E-state index contributed by atoms with van der Waals surface area (Å²) in [7, 11) is -2.42. The van der Waals surface area contributed by atoms with Crippen LogP contribution in [0, 0.1) is 0 Å². The average Bonchev–Trinajstić information content (AvgIpc) is 2.24. The lowest BCUT2D eigenvalue weighted by Crippen LogP contribution is -2.47. The lowest BCUT2D eigenvalue weighted by atomic mass is 10.2. The van der Waals surface area contributed by atoms with E-state index in [9.17, 15) is 13.2 Å². The maximum atomic E-state index is 11.7. The highest BCUT2D eigenvalue weighted by Crippen LogP contribution is 2.01. The molecule has 0 aromatic rings. The lowest BCUT2D eigenvalue weighted by molar-refractivity contribution is -0.139. The number of unbranched alkanes of at least 4 members (excludes halogenated alkanes) is 1. The first-order valence-corrected chi connectivity index (χ1v) is 6.86. The van der Waals surface area contributed by atoms with E-state index in [0.717, 1.165) is 10.7 Å². The molecule has 17 heavy (non-hydrogen) atoms. The van der Waals surface area contributed by atoms with Crippen LogP contribution < -0.4 is 4.72 Å². The third kappa shape index (κ3) is 5.97. The minimum atomic E-state index is -3.81. The van der Waals surface area contributed by atoms with Crippen LogP contribution in [0.25, 0.3) is 0 Å². The van der Waals surface area contributed by atoms with E-state index in [4.69, 9.17) is 10.2 Å². The molecule has 0 saturated heterocycles. The molecule has 7 nitrogen and oxygen atoms in total. The molecule has 0 spiro atoms. The van der Waals surface area contributed by atoms with E-state index >= 15 is 0 Å². The van der Waals surface area contributed by atoms with Crippen molar-refractivity contribution in [2.75, 3.05) is 20.2 Å². The lowest BCUT2D eigenvalue weighted by Gasteiger charge is -2.20. The number of carbonyl (C=O) groups is 1. The molecule has 0 aromatic carbocycles.